The Labute approximate surface area is 146 Å². The molecule has 0 fully saturated rings. The third-order valence-corrected chi connectivity index (χ3v) is 5.02. The number of fused-ring (bicyclic) bond motifs is 2. The number of benzene rings is 1. The standard InChI is InChI=1S/C18H23N5O2/c1-12(14-11-25-15-6-3-2-5-13(14)15)20-18(24)19-9-8-17-22-21-16-7-4-10-23(16)17/h2-3,5-6,12,14H,4,7-11H2,1H3,(H2,19,20,24)/t12-,14-/m1/s1. The van der Waals surface area contributed by atoms with Gasteiger partial charge in [0.15, 0.2) is 0 Å². The molecule has 2 aromatic rings. The number of amides is 2. The SMILES string of the molecule is C[C@@H](NC(=O)NCCc1nnc2n1CCC2)[C@H]1COc2ccccc21. The fourth-order valence-electron chi connectivity index (χ4n) is 3.64. The van der Waals surface area contributed by atoms with Crippen molar-refractivity contribution in [2.75, 3.05) is 13.2 Å². The first-order valence-corrected chi connectivity index (χ1v) is 8.89. The van der Waals surface area contributed by atoms with E-state index in [4.69, 9.17) is 4.74 Å². The second kappa shape index (κ2) is 6.74. The summed E-state index contributed by atoms with van der Waals surface area (Å²) in [6.45, 7) is 4.16. The van der Waals surface area contributed by atoms with Gasteiger partial charge in [0.2, 0.25) is 0 Å². The van der Waals surface area contributed by atoms with Crippen molar-refractivity contribution in [2.24, 2.45) is 0 Å². The Hall–Kier alpha value is -2.57. The van der Waals surface area contributed by atoms with Crippen molar-refractivity contribution in [3.63, 3.8) is 0 Å². The maximum absolute atomic E-state index is 12.2. The predicted octanol–water partition coefficient (Wildman–Crippen LogP) is 1.63. The van der Waals surface area contributed by atoms with E-state index in [1.807, 2.05) is 25.1 Å². The second-order valence-corrected chi connectivity index (χ2v) is 6.68. The van der Waals surface area contributed by atoms with E-state index in [2.05, 4.69) is 31.5 Å². The minimum atomic E-state index is -0.155. The van der Waals surface area contributed by atoms with Crippen LogP contribution in [0.5, 0.6) is 5.75 Å². The van der Waals surface area contributed by atoms with E-state index in [0.717, 1.165) is 42.3 Å². The number of urea groups is 1. The van der Waals surface area contributed by atoms with E-state index in [1.165, 1.54) is 0 Å². The maximum atomic E-state index is 12.2. The van der Waals surface area contributed by atoms with Crippen molar-refractivity contribution in [1.82, 2.24) is 25.4 Å². The molecule has 3 heterocycles. The summed E-state index contributed by atoms with van der Waals surface area (Å²) in [5.41, 5.74) is 1.16. The maximum Gasteiger partial charge on any atom is 0.315 e. The number of hydrogen-bond donors (Lipinski definition) is 2. The van der Waals surface area contributed by atoms with Crippen molar-refractivity contribution < 1.29 is 9.53 Å². The lowest BCUT2D eigenvalue weighted by Crippen LogP contribution is -2.44. The van der Waals surface area contributed by atoms with Crippen molar-refractivity contribution >= 4 is 6.03 Å². The van der Waals surface area contributed by atoms with Crippen LogP contribution in [0.25, 0.3) is 0 Å². The molecule has 0 saturated carbocycles. The van der Waals surface area contributed by atoms with Gasteiger partial charge in [-0.3, -0.25) is 0 Å². The lowest BCUT2D eigenvalue weighted by molar-refractivity contribution is 0.233. The van der Waals surface area contributed by atoms with Gasteiger partial charge in [0.1, 0.15) is 17.4 Å². The minimum absolute atomic E-state index is 0.000916. The Balaban J connectivity index is 1.26. The summed E-state index contributed by atoms with van der Waals surface area (Å²) < 4.78 is 7.86. The van der Waals surface area contributed by atoms with Crippen LogP contribution in [0.4, 0.5) is 4.79 Å². The van der Waals surface area contributed by atoms with Crippen LogP contribution in [0.1, 0.15) is 36.5 Å². The summed E-state index contributed by atoms with van der Waals surface area (Å²) >= 11 is 0. The zero-order chi connectivity index (χ0) is 17.2. The van der Waals surface area contributed by atoms with Crippen LogP contribution in [0.3, 0.4) is 0 Å². The zero-order valence-electron chi connectivity index (χ0n) is 14.4. The Morgan fingerprint density at radius 2 is 2.28 bits per heavy atom. The number of rotatable bonds is 5. The van der Waals surface area contributed by atoms with Crippen LogP contribution in [0.15, 0.2) is 24.3 Å². The van der Waals surface area contributed by atoms with Gasteiger partial charge in [0.05, 0.1) is 6.61 Å². The number of hydrogen-bond acceptors (Lipinski definition) is 4. The number of aromatic nitrogens is 3. The normalized spacial score (nSPS) is 19.0. The Morgan fingerprint density at radius 3 is 3.20 bits per heavy atom. The lowest BCUT2D eigenvalue weighted by atomic mass is 9.94. The third kappa shape index (κ3) is 3.18. The molecule has 2 aliphatic heterocycles. The van der Waals surface area contributed by atoms with E-state index in [9.17, 15) is 4.79 Å². The van der Waals surface area contributed by atoms with Crippen LogP contribution >= 0.6 is 0 Å². The lowest BCUT2D eigenvalue weighted by Gasteiger charge is -2.20. The highest BCUT2D eigenvalue weighted by atomic mass is 16.5. The molecular formula is C18H23N5O2. The molecule has 2 amide bonds. The smallest absolute Gasteiger partial charge is 0.315 e. The average Bonchev–Trinajstić information content (AvgIpc) is 3.30. The fraction of sp³-hybridized carbons (Fsp3) is 0.500. The van der Waals surface area contributed by atoms with Gasteiger partial charge in [-0.2, -0.15) is 0 Å². The van der Waals surface area contributed by atoms with Gasteiger partial charge < -0.3 is 19.9 Å². The third-order valence-electron chi connectivity index (χ3n) is 5.02. The van der Waals surface area contributed by atoms with Crippen LogP contribution in [0, 0.1) is 0 Å². The topological polar surface area (TPSA) is 81.1 Å². The molecule has 25 heavy (non-hydrogen) atoms. The molecule has 0 spiro atoms. The zero-order valence-corrected chi connectivity index (χ0v) is 14.4. The first kappa shape index (κ1) is 15.9. The molecule has 0 aliphatic carbocycles. The number of para-hydroxylation sites is 1. The average molecular weight is 341 g/mol. The van der Waals surface area contributed by atoms with Gasteiger partial charge in [0.25, 0.3) is 0 Å². The van der Waals surface area contributed by atoms with Crippen molar-refractivity contribution in [1.29, 1.82) is 0 Å². The van der Waals surface area contributed by atoms with Crippen LogP contribution in [-0.4, -0.2) is 40.0 Å². The van der Waals surface area contributed by atoms with Crippen molar-refractivity contribution in [3.8, 4) is 5.75 Å². The van der Waals surface area contributed by atoms with E-state index in [-0.39, 0.29) is 18.0 Å². The van der Waals surface area contributed by atoms with Gasteiger partial charge >= 0.3 is 6.03 Å². The number of nitrogens with one attached hydrogen (secondary N) is 2. The molecule has 2 N–H and O–H groups in total. The van der Waals surface area contributed by atoms with Crippen LogP contribution < -0.4 is 15.4 Å². The molecule has 0 bridgehead atoms. The highest BCUT2D eigenvalue weighted by Gasteiger charge is 2.29. The second-order valence-electron chi connectivity index (χ2n) is 6.68. The minimum Gasteiger partial charge on any atom is -0.493 e. The molecule has 4 rings (SSSR count). The molecule has 7 heteroatoms. The van der Waals surface area contributed by atoms with Gasteiger partial charge in [-0.1, -0.05) is 18.2 Å². The summed E-state index contributed by atoms with van der Waals surface area (Å²) in [7, 11) is 0. The Morgan fingerprint density at radius 1 is 1.40 bits per heavy atom. The quantitative estimate of drug-likeness (QED) is 0.866. The first-order chi connectivity index (χ1) is 12.2. The van der Waals surface area contributed by atoms with E-state index < -0.39 is 0 Å². The number of carbonyl (C=O) groups excluding carboxylic acids is 1. The summed E-state index contributed by atoms with van der Waals surface area (Å²) in [6.07, 6.45) is 2.84. The van der Waals surface area contributed by atoms with Crippen molar-refractivity contribution in [2.45, 2.75) is 44.7 Å². The van der Waals surface area contributed by atoms with Gasteiger partial charge in [-0.25, -0.2) is 4.79 Å². The van der Waals surface area contributed by atoms with Crippen LogP contribution in [0.2, 0.25) is 0 Å². The summed E-state index contributed by atoms with van der Waals surface area (Å²) in [4.78, 5) is 12.2. The molecule has 2 atom stereocenters. The van der Waals surface area contributed by atoms with E-state index in [1.54, 1.807) is 0 Å². The summed E-state index contributed by atoms with van der Waals surface area (Å²) in [5.74, 6) is 3.12. The van der Waals surface area contributed by atoms with Gasteiger partial charge in [-0.15, -0.1) is 10.2 Å². The Bertz CT molecular complexity index is 773. The predicted molar refractivity (Wildman–Crippen MR) is 92.7 cm³/mol. The van der Waals surface area contributed by atoms with Crippen LogP contribution in [-0.2, 0) is 19.4 Å². The largest absolute Gasteiger partial charge is 0.493 e. The number of ether oxygens (including phenoxy) is 1. The number of aryl methyl sites for hydroxylation is 1. The molecule has 132 valence electrons. The highest BCUT2D eigenvalue weighted by molar-refractivity contribution is 5.74. The molecular weight excluding hydrogens is 318 g/mol. The molecule has 0 radical (unpaired) electrons. The van der Waals surface area contributed by atoms with E-state index >= 15 is 0 Å². The summed E-state index contributed by atoms with van der Waals surface area (Å²) in [5, 5.41) is 14.3. The monoisotopic (exact) mass is 341 g/mol. The fourth-order valence-corrected chi connectivity index (χ4v) is 3.64. The van der Waals surface area contributed by atoms with Gasteiger partial charge in [-0.05, 0) is 19.4 Å². The summed E-state index contributed by atoms with van der Waals surface area (Å²) in [6, 6.07) is 7.85. The molecule has 0 unspecified atom stereocenters. The molecule has 7 nitrogen and oxygen atoms in total. The van der Waals surface area contributed by atoms with Crippen molar-refractivity contribution in [3.05, 3.63) is 41.5 Å². The van der Waals surface area contributed by atoms with Gasteiger partial charge in [0, 0.05) is 43.5 Å². The number of carbonyl (C=O) groups is 1. The number of nitrogens with zero attached hydrogens (tertiary/aromatic N) is 3. The Kier molecular flexibility index (Phi) is 4.29. The molecule has 0 saturated heterocycles. The first-order valence-electron chi connectivity index (χ1n) is 8.89. The molecule has 1 aromatic heterocycles. The molecule has 1 aromatic carbocycles. The van der Waals surface area contributed by atoms with E-state index in [0.29, 0.717) is 19.6 Å². The molecule has 2 aliphatic rings. The highest BCUT2D eigenvalue weighted by Crippen LogP contribution is 2.35.